The quantitative estimate of drug-likeness (QED) is 0.932. The van der Waals surface area contributed by atoms with Gasteiger partial charge in [0.1, 0.15) is 11.5 Å². The third-order valence-corrected chi connectivity index (χ3v) is 4.29. The molecular weight excluding hydrogens is 308 g/mol. The summed E-state index contributed by atoms with van der Waals surface area (Å²) in [6.07, 6.45) is 2.88. The van der Waals surface area contributed by atoms with Crippen LogP contribution in [0, 0.1) is 5.92 Å². The predicted octanol–water partition coefficient (Wildman–Crippen LogP) is 3.41. The van der Waals surface area contributed by atoms with Crippen LogP contribution in [0.15, 0.2) is 30.5 Å². The summed E-state index contributed by atoms with van der Waals surface area (Å²) >= 11 is 6.39. The third kappa shape index (κ3) is 4.01. The highest BCUT2D eigenvalue weighted by Gasteiger charge is 2.15. The van der Waals surface area contributed by atoms with Crippen LogP contribution < -0.4 is 10.2 Å². The van der Waals surface area contributed by atoms with Gasteiger partial charge in [0, 0.05) is 32.4 Å². The molecule has 1 saturated heterocycles. The number of hydrogen-bond donors (Lipinski definition) is 1. The Kier molecular flexibility index (Phi) is 5.13. The van der Waals surface area contributed by atoms with Crippen molar-refractivity contribution in [2.24, 2.45) is 5.92 Å². The molecule has 2 aromatic rings. The van der Waals surface area contributed by atoms with Gasteiger partial charge in [-0.2, -0.15) is 0 Å². The number of nitrogens with zero attached hydrogens (tertiary/aromatic N) is 3. The van der Waals surface area contributed by atoms with Gasteiger partial charge in [-0.3, -0.25) is 4.98 Å². The first-order valence-electron chi connectivity index (χ1n) is 8.21. The van der Waals surface area contributed by atoms with Gasteiger partial charge in [-0.25, -0.2) is 4.98 Å². The summed E-state index contributed by atoms with van der Waals surface area (Å²) in [6, 6.07) is 8.10. The van der Waals surface area contributed by atoms with Crippen molar-refractivity contribution in [1.82, 2.24) is 15.3 Å². The molecule has 5 heteroatoms. The zero-order valence-corrected chi connectivity index (χ0v) is 14.5. The van der Waals surface area contributed by atoms with Gasteiger partial charge in [0.15, 0.2) is 0 Å². The summed E-state index contributed by atoms with van der Waals surface area (Å²) in [7, 11) is 0. The Balaban J connectivity index is 1.92. The molecule has 1 aliphatic rings. The zero-order chi connectivity index (χ0) is 16.2. The topological polar surface area (TPSA) is 41.1 Å². The Morgan fingerprint density at radius 3 is 2.74 bits per heavy atom. The van der Waals surface area contributed by atoms with Crippen LogP contribution in [0.2, 0.25) is 5.02 Å². The zero-order valence-electron chi connectivity index (χ0n) is 13.7. The highest BCUT2D eigenvalue weighted by molar-refractivity contribution is 6.33. The van der Waals surface area contributed by atoms with Gasteiger partial charge in [-0.1, -0.05) is 25.4 Å². The lowest BCUT2D eigenvalue weighted by molar-refractivity contribution is 0.585. The summed E-state index contributed by atoms with van der Waals surface area (Å²) in [4.78, 5) is 11.6. The first-order valence-corrected chi connectivity index (χ1v) is 8.59. The minimum absolute atomic E-state index is 0.612. The Morgan fingerprint density at radius 1 is 1.22 bits per heavy atom. The van der Waals surface area contributed by atoms with Crippen molar-refractivity contribution in [2.45, 2.75) is 20.3 Å². The van der Waals surface area contributed by atoms with Crippen LogP contribution in [-0.4, -0.2) is 36.1 Å². The van der Waals surface area contributed by atoms with Gasteiger partial charge in [0.2, 0.25) is 0 Å². The second-order valence-corrected chi connectivity index (χ2v) is 6.79. The largest absolute Gasteiger partial charge is 0.354 e. The number of pyridine rings is 2. The summed E-state index contributed by atoms with van der Waals surface area (Å²) in [5.41, 5.74) is 2.90. The molecular formula is C18H23ClN4. The Labute approximate surface area is 142 Å². The van der Waals surface area contributed by atoms with E-state index in [1.807, 2.05) is 18.3 Å². The molecule has 0 aromatic carbocycles. The Hall–Kier alpha value is -1.65. The smallest absolute Gasteiger partial charge is 0.129 e. The molecule has 0 aliphatic carbocycles. The molecule has 23 heavy (non-hydrogen) atoms. The fourth-order valence-corrected chi connectivity index (χ4v) is 3.09. The predicted molar refractivity (Wildman–Crippen MR) is 96.1 cm³/mol. The van der Waals surface area contributed by atoms with Crippen LogP contribution in [0.3, 0.4) is 0 Å². The molecule has 2 aromatic heterocycles. The van der Waals surface area contributed by atoms with Crippen LogP contribution in [-0.2, 0) is 6.42 Å². The lowest BCUT2D eigenvalue weighted by atomic mass is 10.0. The van der Waals surface area contributed by atoms with Gasteiger partial charge in [0.05, 0.1) is 10.7 Å². The van der Waals surface area contributed by atoms with Crippen LogP contribution in [0.25, 0.3) is 11.4 Å². The van der Waals surface area contributed by atoms with E-state index in [1.165, 1.54) is 5.56 Å². The van der Waals surface area contributed by atoms with Gasteiger partial charge in [-0.05, 0) is 42.2 Å². The van der Waals surface area contributed by atoms with E-state index in [0.717, 1.165) is 49.8 Å². The van der Waals surface area contributed by atoms with Crippen molar-refractivity contribution in [3.63, 3.8) is 0 Å². The lowest BCUT2D eigenvalue weighted by Gasteiger charge is -2.28. The second-order valence-electron chi connectivity index (χ2n) is 6.38. The van der Waals surface area contributed by atoms with Gasteiger partial charge in [0.25, 0.3) is 0 Å². The number of piperazine rings is 1. The molecule has 0 bridgehead atoms. The highest BCUT2D eigenvalue weighted by Crippen LogP contribution is 2.28. The van der Waals surface area contributed by atoms with E-state index in [4.69, 9.17) is 16.6 Å². The van der Waals surface area contributed by atoms with Crippen LogP contribution in [0.1, 0.15) is 19.4 Å². The van der Waals surface area contributed by atoms with Crippen molar-refractivity contribution in [3.8, 4) is 11.4 Å². The maximum atomic E-state index is 6.39. The molecule has 3 heterocycles. The average Bonchev–Trinajstić information content (AvgIpc) is 2.56. The summed E-state index contributed by atoms with van der Waals surface area (Å²) < 4.78 is 0. The molecule has 3 rings (SSSR count). The number of hydrogen-bond acceptors (Lipinski definition) is 4. The van der Waals surface area contributed by atoms with Crippen molar-refractivity contribution >= 4 is 17.4 Å². The average molecular weight is 331 g/mol. The standard InChI is InChI=1S/C18H23ClN4/c1-13(2)11-14-5-6-21-16(12-14)18-15(19)3-4-17(22-18)23-9-7-20-8-10-23/h3-6,12-13,20H,7-11H2,1-2H3. The minimum Gasteiger partial charge on any atom is -0.354 e. The van der Waals surface area contributed by atoms with E-state index in [1.54, 1.807) is 0 Å². The molecule has 0 atom stereocenters. The fourth-order valence-electron chi connectivity index (χ4n) is 2.88. The van der Waals surface area contributed by atoms with Gasteiger partial charge in [-0.15, -0.1) is 0 Å². The van der Waals surface area contributed by atoms with Crippen LogP contribution >= 0.6 is 11.6 Å². The summed E-state index contributed by atoms with van der Waals surface area (Å²) in [5, 5.41) is 4.01. The molecule has 122 valence electrons. The second kappa shape index (κ2) is 7.28. The number of halogens is 1. The van der Waals surface area contributed by atoms with Crippen molar-refractivity contribution in [3.05, 3.63) is 41.0 Å². The molecule has 0 amide bonds. The molecule has 4 nitrogen and oxygen atoms in total. The van der Waals surface area contributed by atoms with E-state index >= 15 is 0 Å². The highest BCUT2D eigenvalue weighted by atomic mass is 35.5. The number of nitrogens with one attached hydrogen (secondary N) is 1. The number of aromatic nitrogens is 2. The van der Waals surface area contributed by atoms with Gasteiger partial charge < -0.3 is 10.2 Å². The van der Waals surface area contributed by atoms with Crippen LogP contribution in [0.5, 0.6) is 0 Å². The van der Waals surface area contributed by atoms with Crippen LogP contribution in [0.4, 0.5) is 5.82 Å². The normalized spacial score (nSPS) is 15.2. The summed E-state index contributed by atoms with van der Waals surface area (Å²) in [6.45, 7) is 8.35. The van der Waals surface area contributed by atoms with E-state index < -0.39 is 0 Å². The molecule has 0 spiro atoms. The molecule has 1 fully saturated rings. The first kappa shape index (κ1) is 16.2. The summed E-state index contributed by atoms with van der Waals surface area (Å²) in [5.74, 6) is 1.59. The molecule has 0 unspecified atom stereocenters. The van der Waals surface area contributed by atoms with E-state index in [2.05, 4.69) is 41.2 Å². The van der Waals surface area contributed by atoms with E-state index in [0.29, 0.717) is 10.9 Å². The van der Waals surface area contributed by atoms with E-state index in [-0.39, 0.29) is 0 Å². The van der Waals surface area contributed by atoms with Crippen molar-refractivity contribution < 1.29 is 0 Å². The third-order valence-electron chi connectivity index (χ3n) is 3.98. The monoisotopic (exact) mass is 330 g/mol. The molecule has 1 N–H and O–H groups in total. The first-order chi connectivity index (χ1) is 11.1. The fraction of sp³-hybridized carbons (Fsp3) is 0.444. The number of anilines is 1. The van der Waals surface area contributed by atoms with Crippen molar-refractivity contribution in [2.75, 3.05) is 31.1 Å². The van der Waals surface area contributed by atoms with Crippen molar-refractivity contribution in [1.29, 1.82) is 0 Å². The molecule has 0 radical (unpaired) electrons. The number of rotatable bonds is 4. The van der Waals surface area contributed by atoms with E-state index in [9.17, 15) is 0 Å². The maximum Gasteiger partial charge on any atom is 0.129 e. The Morgan fingerprint density at radius 2 is 2.00 bits per heavy atom. The Bertz CT molecular complexity index is 666. The maximum absolute atomic E-state index is 6.39. The van der Waals surface area contributed by atoms with Gasteiger partial charge >= 0.3 is 0 Å². The molecule has 0 saturated carbocycles. The molecule has 1 aliphatic heterocycles. The SMILES string of the molecule is CC(C)Cc1ccnc(-c2nc(N3CCNCC3)ccc2Cl)c1. The minimum atomic E-state index is 0.612. The lowest BCUT2D eigenvalue weighted by Crippen LogP contribution is -2.43.